The smallest absolute Gasteiger partial charge is 0.239 e. The monoisotopic (exact) mass is 296 g/mol. The molecule has 0 saturated heterocycles. The Hall–Kier alpha value is -1.86. The Labute approximate surface area is 123 Å². The number of hydrogen-bond acceptors (Lipinski definition) is 5. The molecule has 0 aliphatic heterocycles. The van der Waals surface area contributed by atoms with Crippen molar-refractivity contribution in [3.05, 3.63) is 28.2 Å². The van der Waals surface area contributed by atoms with Gasteiger partial charge in [-0.15, -0.1) is 0 Å². The number of rotatable bonds is 8. The number of pyridine rings is 1. The van der Waals surface area contributed by atoms with Crippen molar-refractivity contribution in [2.75, 3.05) is 13.1 Å². The van der Waals surface area contributed by atoms with Gasteiger partial charge in [0.2, 0.25) is 11.3 Å². The summed E-state index contributed by atoms with van der Waals surface area (Å²) in [5.41, 5.74) is 11.1. The predicted molar refractivity (Wildman–Crippen MR) is 81.0 cm³/mol. The van der Waals surface area contributed by atoms with E-state index in [1.807, 2.05) is 0 Å². The van der Waals surface area contributed by atoms with Gasteiger partial charge in [0.1, 0.15) is 6.54 Å². The van der Waals surface area contributed by atoms with Gasteiger partial charge in [0.25, 0.3) is 0 Å². The van der Waals surface area contributed by atoms with Crippen LogP contribution in [-0.2, 0) is 11.3 Å². The number of nitrogens with one attached hydrogen (secondary N) is 1. The summed E-state index contributed by atoms with van der Waals surface area (Å²) >= 11 is 0. The Bertz CT molecular complexity index is 527. The number of aromatic nitrogens is 1. The SMILES string of the molecule is Cc1c(O)c(=O)ccn1CC(=O)NCCCCC(N)CN. The van der Waals surface area contributed by atoms with Crippen LogP contribution in [-0.4, -0.2) is 34.7 Å². The fraction of sp³-hybridized carbons (Fsp3) is 0.571. The molecule has 0 spiro atoms. The van der Waals surface area contributed by atoms with Crippen LogP contribution in [0.5, 0.6) is 5.75 Å². The molecule has 0 aromatic carbocycles. The number of unbranched alkanes of at least 4 members (excludes halogenated alkanes) is 1. The highest BCUT2D eigenvalue weighted by molar-refractivity contribution is 5.75. The van der Waals surface area contributed by atoms with E-state index in [2.05, 4.69) is 5.32 Å². The summed E-state index contributed by atoms with van der Waals surface area (Å²) in [4.78, 5) is 23.0. The summed E-state index contributed by atoms with van der Waals surface area (Å²) in [6.07, 6.45) is 4.10. The number of carbonyl (C=O) groups is 1. The maximum atomic E-state index is 11.8. The lowest BCUT2D eigenvalue weighted by Crippen LogP contribution is -2.31. The van der Waals surface area contributed by atoms with Gasteiger partial charge in [-0.3, -0.25) is 9.59 Å². The van der Waals surface area contributed by atoms with Gasteiger partial charge in [-0.25, -0.2) is 0 Å². The van der Waals surface area contributed by atoms with Crippen LogP contribution in [0.25, 0.3) is 0 Å². The molecule has 0 saturated carbocycles. The molecular formula is C14H24N4O3. The van der Waals surface area contributed by atoms with E-state index < -0.39 is 5.43 Å². The number of nitrogens with zero attached hydrogens (tertiary/aromatic N) is 1. The van der Waals surface area contributed by atoms with Gasteiger partial charge >= 0.3 is 0 Å². The van der Waals surface area contributed by atoms with E-state index in [1.54, 1.807) is 6.92 Å². The van der Waals surface area contributed by atoms with Crippen LogP contribution < -0.4 is 22.2 Å². The van der Waals surface area contributed by atoms with Crippen molar-refractivity contribution in [3.63, 3.8) is 0 Å². The van der Waals surface area contributed by atoms with Crippen molar-refractivity contribution in [3.8, 4) is 5.75 Å². The molecule has 1 rings (SSSR count). The molecule has 1 aromatic heterocycles. The van der Waals surface area contributed by atoms with Gasteiger partial charge in [-0.05, 0) is 19.8 Å². The molecule has 0 aliphatic carbocycles. The lowest BCUT2D eigenvalue weighted by molar-refractivity contribution is -0.121. The van der Waals surface area contributed by atoms with E-state index in [1.165, 1.54) is 16.8 Å². The molecule has 0 bridgehead atoms. The first-order chi connectivity index (χ1) is 9.95. The van der Waals surface area contributed by atoms with Crippen molar-refractivity contribution in [1.29, 1.82) is 0 Å². The second-order valence-corrected chi connectivity index (χ2v) is 5.08. The average Bonchev–Trinajstić information content (AvgIpc) is 2.47. The Morgan fingerprint density at radius 3 is 2.86 bits per heavy atom. The Kier molecular flexibility index (Phi) is 6.90. The van der Waals surface area contributed by atoms with Crippen LogP contribution in [0.1, 0.15) is 25.0 Å². The van der Waals surface area contributed by atoms with E-state index >= 15 is 0 Å². The molecule has 0 fully saturated rings. The minimum absolute atomic E-state index is 0.0208. The van der Waals surface area contributed by atoms with Gasteiger partial charge in [0, 0.05) is 31.4 Å². The minimum atomic E-state index is -0.444. The third-order valence-electron chi connectivity index (χ3n) is 3.35. The van der Waals surface area contributed by atoms with Crippen LogP contribution in [0.4, 0.5) is 0 Å². The summed E-state index contributed by atoms with van der Waals surface area (Å²) in [7, 11) is 0. The van der Waals surface area contributed by atoms with E-state index in [4.69, 9.17) is 11.5 Å². The maximum absolute atomic E-state index is 11.8. The van der Waals surface area contributed by atoms with Gasteiger partial charge in [-0.2, -0.15) is 0 Å². The second-order valence-electron chi connectivity index (χ2n) is 5.08. The second kappa shape index (κ2) is 8.43. The average molecular weight is 296 g/mol. The molecule has 21 heavy (non-hydrogen) atoms. The summed E-state index contributed by atoms with van der Waals surface area (Å²) in [5, 5.41) is 12.3. The standard InChI is InChI=1S/C14H24N4O3/c1-10-14(21)12(19)5-7-18(10)9-13(20)17-6-3-2-4-11(16)8-15/h5,7,11,21H,2-4,6,8-9,15-16H2,1H3,(H,17,20). The van der Waals surface area contributed by atoms with Crippen LogP contribution >= 0.6 is 0 Å². The summed E-state index contributed by atoms with van der Waals surface area (Å²) in [6, 6.07) is 1.26. The third kappa shape index (κ3) is 5.57. The molecule has 1 atom stereocenters. The Morgan fingerprint density at radius 2 is 2.19 bits per heavy atom. The fourth-order valence-corrected chi connectivity index (χ4v) is 1.92. The number of carbonyl (C=O) groups excluding carboxylic acids is 1. The molecule has 1 aromatic rings. The van der Waals surface area contributed by atoms with Gasteiger partial charge in [0.05, 0.1) is 5.69 Å². The van der Waals surface area contributed by atoms with Gasteiger partial charge in [0.15, 0.2) is 5.75 Å². The molecule has 1 unspecified atom stereocenters. The van der Waals surface area contributed by atoms with Crippen LogP contribution in [0.15, 0.2) is 17.1 Å². The van der Waals surface area contributed by atoms with E-state index in [9.17, 15) is 14.7 Å². The first-order valence-corrected chi connectivity index (χ1v) is 7.07. The highest BCUT2D eigenvalue weighted by Crippen LogP contribution is 2.08. The Morgan fingerprint density at radius 1 is 1.48 bits per heavy atom. The summed E-state index contributed by atoms with van der Waals surface area (Å²) in [5.74, 6) is -0.481. The normalized spacial score (nSPS) is 12.1. The first-order valence-electron chi connectivity index (χ1n) is 7.07. The zero-order valence-electron chi connectivity index (χ0n) is 12.3. The summed E-state index contributed by atoms with van der Waals surface area (Å²) < 4.78 is 1.54. The minimum Gasteiger partial charge on any atom is -0.503 e. The van der Waals surface area contributed by atoms with Crippen molar-refractivity contribution in [2.45, 2.75) is 38.8 Å². The largest absolute Gasteiger partial charge is 0.503 e. The van der Waals surface area contributed by atoms with Crippen molar-refractivity contribution < 1.29 is 9.90 Å². The topological polar surface area (TPSA) is 123 Å². The van der Waals surface area contributed by atoms with E-state index in [-0.39, 0.29) is 24.2 Å². The fourth-order valence-electron chi connectivity index (χ4n) is 1.92. The van der Waals surface area contributed by atoms with Crippen molar-refractivity contribution >= 4 is 5.91 Å². The first kappa shape index (κ1) is 17.2. The van der Waals surface area contributed by atoms with Crippen LogP contribution in [0.2, 0.25) is 0 Å². The van der Waals surface area contributed by atoms with Crippen molar-refractivity contribution in [1.82, 2.24) is 9.88 Å². The maximum Gasteiger partial charge on any atom is 0.239 e. The molecule has 118 valence electrons. The molecule has 7 heteroatoms. The molecule has 0 radical (unpaired) electrons. The zero-order chi connectivity index (χ0) is 15.8. The highest BCUT2D eigenvalue weighted by Gasteiger charge is 2.08. The molecule has 6 N–H and O–H groups in total. The van der Waals surface area contributed by atoms with E-state index in [0.717, 1.165) is 19.3 Å². The quantitative estimate of drug-likeness (QED) is 0.479. The molecule has 1 heterocycles. The van der Waals surface area contributed by atoms with Gasteiger partial charge in [-0.1, -0.05) is 6.42 Å². The summed E-state index contributed by atoms with van der Waals surface area (Å²) in [6.45, 7) is 2.71. The van der Waals surface area contributed by atoms with Crippen LogP contribution in [0, 0.1) is 6.92 Å². The molecular weight excluding hydrogens is 272 g/mol. The predicted octanol–water partition coefficient (Wildman–Crippen LogP) is -0.565. The Balaban J connectivity index is 2.35. The van der Waals surface area contributed by atoms with Crippen molar-refractivity contribution in [2.24, 2.45) is 11.5 Å². The van der Waals surface area contributed by atoms with Gasteiger partial charge < -0.3 is 26.5 Å². The number of nitrogens with two attached hydrogens (primary N) is 2. The number of amides is 1. The molecule has 0 aliphatic rings. The lowest BCUT2D eigenvalue weighted by atomic mass is 10.1. The highest BCUT2D eigenvalue weighted by atomic mass is 16.3. The molecule has 1 amide bonds. The van der Waals surface area contributed by atoms with Crippen LogP contribution in [0.3, 0.4) is 0 Å². The molecule has 7 nitrogen and oxygen atoms in total. The lowest BCUT2D eigenvalue weighted by Gasteiger charge is -2.12. The van der Waals surface area contributed by atoms with E-state index in [0.29, 0.717) is 18.8 Å². The number of aromatic hydroxyl groups is 1. The third-order valence-corrected chi connectivity index (χ3v) is 3.35. The zero-order valence-corrected chi connectivity index (χ0v) is 12.3. The number of hydrogen-bond donors (Lipinski definition) is 4.